The zero-order chi connectivity index (χ0) is 20.2. The third-order valence-electron chi connectivity index (χ3n) is 5.21. The second kappa shape index (κ2) is 9.24. The number of hydrogen-bond donors (Lipinski definition) is 0. The van der Waals surface area contributed by atoms with Crippen LogP contribution >= 0.6 is 35.3 Å². The Morgan fingerprint density at radius 3 is 1.55 bits per heavy atom. The third-order valence-corrected chi connectivity index (χ3v) is 9.30. The summed E-state index contributed by atoms with van der Waals surface area (Å²) in [6, 6.07) is 32.8. The van der Waals surface area contributed by atoms with Gasteiger partial charge < -0.3 is 0 Å². The normalized spacial score (nSPS) is 20.3. The first-order chi connectivity index (χ1) is 14.0. The van der Waals surface area contributed by atoms with Gasteiger partial charge in [0.05, 0.1) is 4.08 Å². The molecule has 0 aliphatic heterocycles. The summed E-state index contributed by atoms with van der Waals surface area (Å²) in [5, 5.41) is 0.619. The number of rotatable bonds is 6. The van der Waals surface area contributed by atoms with Gasteiger partial charge in [0.15, 0.2) is 0 Å². The first-order valence-corrected chi connectivity index (χ1v) is 12.7. The van der Waals surface area contributed by atoms with Gasteiger partial charge in [-0.2, -0.15) is 0 Å². The van der Waals surface area contributed by atoms with E-state index < -0.39 is 0 Å². The van der Waals surface area contributed by atoms with Crippen LogP contribution in [-0.4, -0.2) is 9.33 Å². The molecule has 150 valence electrons. The Morgan fingerprint density at radius 1 is 0.621 bits per heavy atom. The largest absolute Gasteiger partial charge is 0.123 e. The van der Waals surface area contributed by atoms with Gasteiger partial charge in [-0.15, -0.1) is 35.3 Å². The minimum Gasteiger partial charge on any atom is -0.123 e. The molecule has 1 unspecified atom stereocenters. The van der Waals surface area contributed by atoms with Gasteiger partial charge in [0.25, 0.3) is 0 Å². The molecule has 3 heteroatoms. The fourth-order valence-electron chi connectivity index (χ4n) is 4.27. The van der Waals surface area contributed by atoms with Gasteiger partial charge in [0, 0.05) is 19.9 Å². The van der Waals surface area contributed by atoms with Gasteiger partial charge in [0.1, 0.15) is 0 Å². The first-order valence-electron chi connectivity index (χ1n) is 10.2. The Labute approximate surface area is 188 Å². The van der Waals surface area contributed by atoms with Crippen LogP contribution in [-0.2, 0) is 0 Å². The van der Waals surface area contributed by atoms with E-state index >= 15 is 0 Å². The van der Waals surface area contributed by atoms with E-state index in [0.29, 0.717) is 10.7 Å². The lowest BCUT2D eigenvalue weighted by Crippen LogP contribution is -2.39. The summed E-state index contributed by atoms with van der Waals surface area (Å²) in [7, 11) is 0. The average molecular weight is 437 g/mol. The monoisotopic (exact) mass is 436 g/mol. The van der Waals surface area contributed by atoms with Gasteiger partial charge in [-0.05, 0) is 61.1 Å². The minimum absolute atomic E-state index is 0.136. The van der Waals surface area contributed by atoms with Crippen LogP contribution in [0.1, 0.15) is 33.1 Å². The van der Waals surface area contributed by atoms with Crippen molar-refractivity contribution in [2.24, 2.45) is 5.41 Å². The summed E-state index contributed by atoms with van der Waals surface area (Å²) in [5.74, 6) is 0. The molecule has 3 aromatic rings. The Hall–Kier alpha value is -1.29. The molecule has 0 spiro atoms. The maximum atomic E-state index is 2.45. The summed E-state index contributed by atoms with van der Waals surface area (Å²) < 4.78 is 0.136. The fourth-order valence-corrected chi connectivity index (χ4v) is 9.76. The standard InChI is InChI=1S/C26H28S3/c1-25(2)18-24(27-21-12-6-3-7-13-21)19-26(20-25,28-22-14-8-4-9-15-22)29-23-16-10-5-11-17-23/h3-17,24H,18-20H2,1-2H3. The smallest absolute Gasteiger partial charge is 0.0720 e. The van der Waals surface area contributed by atoms with E-state index in [1.165, 1.54) is 33.9 Å². The van der Waals surface area contributed by atoms with E-state index in [0.717, 1.165) is 0 Å². The summed E-state index contributed by atoms with van der Waals surface area (Å²) in [4.78, 5) is 4.13. The zero-order valence-electron chi connectivity index (χ0n) is 17.1. The Balaban J connectivity index is 1.65. The van der Waals surface area contributed by atoms with Gasteiger partial charge in [-0.1, -0.05) is 68.4 Å². The number of thioether (sulfide) groups is 3. The van der Waals surface area contributed by atoms with Crippen LogP contribution in [0, 0.1) is 5.41 Å². The van der Waals surface area contributed by atoms with Crippen LogP contribution in [0.15, 0.2) is 106 Å². The van der Waals surface area contributed by atoms with Gasteiger partial charge in [-0.3, -0.25) is 0 Å². The van der Waals surface area contributed by atoms with E-state index in [1.807, 2.05) is 0 Å². The summed E-state index contributed by atoms with van der Waals surface area (Å²) in [6.07, 6.45) is 3.68. The molecule has 1 aliphatic carbocycles. The first kappa shape index (κ1) is 21.0. The third kappa shape index (κ3) is 5.87. The van der Waals surface area contributed by atoms with Crippen molar-refractivity contribution in [3.63, 3.8) is 0 Å². The molecule has 0 bridgehead atoms. The van der Waals surface area contributed by atoms with Crippen molar-refractivity contribution >= 4 is 35.3 Å². The molecular formula is C26H28S3. The molecule has 29 heavy (non-hydrogen) atoms. The maximum Gasteiger partial charge on any atom is 0.0720 e. The zero-order valence-corrected chi connectivity index (χ0v) is 19.5. The van der Waals surface area contributed by atoms with Crippen molar-refractivity contribution < 1.29 is 0 Å². The highest BCUT2D eigenvalue weighted by molar-refractivity contribution is 8.18. The van der Waals surface area contributed by atoms with Crippen molar-refractivity contribution in [2.75, 3.05) is 0 Å². The van der Waals surface area contributed by atoms with Crippen LogP contribution in [0.2, 0.25) is 0 Å². The quantitative estimate of drug-likeness (QED) is 0.355. The van der Waals surface area contributed by atoms with Crippen LogP contribution in [0.25, 0.3) is 0 Å². The molecule has 1 atom stereocenters. The second-order valence-electron chi connectivity index (χ2n) is 8.54. The van der Waals surface area contributed by atoms with E-state index in [1.54, 1.807) is 0 Å². The highest BCUT2D eigenvalue weighted by atomic mass is 32.2. The highest BCUT2D eigenvalue weighted by Crippen LogP contribution is 2.60. The molecule has 0 radical (unpaired) electrons. The number of hydrogen-bond acceptors (Lipinski definition) is 3. The molecule has 0 amide bonds. The lowest BCUT2D eigenvalue weighted by molar-refractivity contribution is 0.245. The van der Waals surface area contributed by atoms with E-state index in [2.05, 4.69) is 140 Å². The molecule has 1 aliphatic rings. The molecule has 0 aromatic heterocycles. The molecule has 4 rings (SSSR count). The van der Waals surface area contributed by atoms with Crippen molar-refractivity contribution in [1.82, 2.24) is 0 Å². The summed E-state index contributed by atoms with van der Waals surface area (Å²) in [5.41, 5.74) is 0.314. The van der Waals surface area contributed by atoms with Crippen LogP contribution in [0.4, 0.5) is 0 Å². The molecule has 3 aromatic carbocycles. The van der Waals surface area contributed by atoms with Crippen LogP contribution in [0.5, 0.6) is 0 Å². The van der Waals surface area contributed by atoms with E-state index in [4.69, 9.17) is 0 Å². The summed E-state index contributed by atoms with van der Waals surface area (Å²) >= 11 is 6.21. The van der Waals surface area contributed by atoms with E-state index in [-0.39, 0.29) is 4.08 Å². The predicted octanol–water partition coefficient (Wildman–Crippen LogP) is 8.64. The number of benzene rings is 3. The predicted molar refractivity (Wildman–Crippen MR) is 131 cm³/mol. The highest BCUT2D eigenvalue weighted by Gasteiger charge is 2.46. The van der Waals surface area contributed by atoms with Crippen molar-refractivity contribution in [2.45, 2.75) is 57.1 Å². The molecular weight excluding hydrogens is 408 g/mol. The Bertz CT molecular complexity index is 850. The molecule has 1 saturated carbocycles. The average Bonchev–Trinajstić information content (AvgIpc) is 2.69. The Morgan fingerprint density at radius 2 is 1.07 bits per heavy atom. The Kier molecular flexibility index (Phi) is 6.68. The van der Waals surface area contributed by atoms with Crippen LogP contribution in [0.3, 0.4) is 0 Å². The van der Waals surface area contributed by atoms with Gasteiger partial charge >= 0.3 is 0 Å². The summed E-state index contributed by atoms with van der Waals surface area (Å²) in [6.45, 7) is 4.91. The van der Waals surface area contributed by atoms with Gasteiger partial charge in [-0.25, -0.2) is 0 Å². The van der Waals surface area contributed by atoms with E-state index in [9.17, 15) is 0 Å². The molecule has 1 fully saturated rings. The van der Waals surface area contributed by atoms with Crippen molar-refractivity contribution in [1.29, 1.82) is 0 Å². The SMILES string of the molecule is CC1(C)CC(Sc2ccccc2)CC(Sc2ccccc2)(Sc2ccccc2)C1. The van der Waals surface area contributed by atoms with Crippen molar-refractivity contribution in [3.05, 3.63) is 91.0 Å². The molecule has 0 nitrogen and oxygen atoms in total. The molecule has 0 heterocycles. The van der Waals surface area contributed by atoms with Crippen LogP contribution < -0.4 is 0 Å². The molecule has 0 N–H and O–H groups in total. The van der Waals surface area contributed by atoms with Crippen molar-refractivity contribution in [3.8, 4) is 0 Å². The van der Waals surface area contributed by atoms with Gasteiger partial charge in [0.2, 0.25) is 0 Å². The second-order valence-corrected chi connectivity index (χ2v) is 13.1. The fraction of sp³-hybridized carbons (Fsp3) is 0.308. The topological polar surface area (TPSA) is 0 Å². The maximum absolute atomic E-state index is 2.45. The minimum atomic E-state index is 0.136. The lowest BCUT2D eigenvalue weighted by atomic mass is 9.76. The lowest BCUT2D eigenvalue weighted by Gasteiger charge is -2.47. The molecule has 0 saturated heterocycles.